The highest BCUT2D eigenvalue weighted by atomic mass is 16.2. The zero-order valence-corrected chi connectivity index (χ0v) is 9.43. The molecule has 0 saturated heterocycles. The third kappa shape index (κ3) is 2.94. The summed E-state index contributed by atoms with van der Waals surface area (Å²) in [6.45, 7) is 0.662. The van der Waals surface area contributed by atoms with Gasteiger partial charge in [0.1, 0.15) is 11.4 Å². The SMILES string of the molecule is O=C(NCCNC(=O)c1cnc[nH]1)c1cnc[nH]1. The molecule has 2 aromatic rings. The van der Waals surface area contributed by atoms with Gasteiger partial charge in [-0.1, -0.05) is 0 Å². The first-order chi connectivity index (χ1) is 8.77. The van der Waals surface area contributed by atoms with Gasteiger partial charge in [0.2, 0.25) is 0 Å². The molecule has 0 spiro atoms. The van der Waals surface area contributed by atoms with Crippen LogP contribution < -0.4 is 10.6 Å². The van der Waals surface area contributed by atoms with Crippen molar-refractivity contribution in [3.05, 3.63) is 36.4 Å². The molecule has 4 N–H and O–H groups in total. The lowest BCUT2D eigenvalue weighted by molar-refractivity contribution is 0.0923. The molecule has 0 bridgehead atoms. The van der Waals surface area contributed by atoms with Gasteiger partial charge in [-0.15, -0.1) is 0 Å². The van der Waals surface area contributed by atoms with Crippen LogP contribution in [0.3, 0.4) is 0 Å². The number of aromatic nitrogens is 4. The molecule has 0 aliphatic carbocycles. The van der Waals surface area contributed by atoms with E-state index in [1.54, 1.807) is 0 Å². The van der Waals surface area contributed by atoms with Gasteiger partial charge < -0.3 is 20.6 Å². The predicted molar refractivity (Wildman–Crippen MR) is 61.8 cm³/mol. The van der Waals surface area contributed by atoms with Gasteiger partial charge in [0.05, 0.1) is 25.0 Å². The van der Waals surface area contributed by atoms with E-state index in [2.05, 4.69) is 30.6 Å². The Morgan fingerprint density at radius 2 is 1.39 bits per heavy atom. The van der Waals surface area contributed by atoms with Crippen LogP contribution in [0.25, 0.3) is 0 Å². The second-order valence-electron chi connectivity index (χ2n) is 3.44. The van der Waals surface area contributed by atoms with Crippen LogP contribution in [0, 0.1) is 0 Å². The van der Waals surface area contributed by atoms with E-state index in [-0.39, 0.29) is 11.8 Å². The van der Waals surface area contributed by atoms with Gasteiger partial charge in [0.15, 0.2) is 0 Å². The molecule has 8 nitrogen and oxygen atoms in total. The standard InChI is InChI=1S/C10H12N6O2/c17-9(7-3-11-5-15-7)13-1-2-14-10(18)8-4-12-6-16-8/h3-6H,1-2H2,(H,11,15)(H,12,16)(H,13,17)(H,14,18). The summed E-state index contributed by atoms with van der Waals surface area (Å²) >= 11 is 0. The van der Waals surface area contributed by atoms with Gasteiger partial charge in [0.25, 0.3) is 11.8 Å². The van der Waals surface area contributed by atoms with Crippen LogP contribution in [0.5, 0.6) is 0 Å². The molecule has 0 fully saturated rings. The lowest BCUT2D eigenvalue weighted by Crippen LogP contribution is -2.34. The number of H-pyrrole nitrogens is 2. The van der Waals surface area contributed by atoms with Crippen molar-refractivity contribution in [2.75, 3.05) is 13.1 Å². The topological polar surface area (TPSA) is 116 Å². The molecular weight excluding hydrogens is 236 g/mol. The third-order valence-corrected chi connectivity index (χ3v) is 2.18. The number of aromatic amines is 2. The summed E-state index contributed by atoms with van der Waals surface area (Å²) in [6, 6.07) is 0. The monoisotopic (exact) mass is 248 g/mol. The Bertz CT molecular complexity index is 456. The Kier molecular flexibility index (Phi) is 3.69. The minimum atomic E-state index is -0.261. The second kappa shape index (κ2) is 5.62. The zero-order chi connectivity index (χ0) is 12.8. The first-order valence-electron chi connectivity index (χ1n) is 5.30. The Morgan fingerprint density at radius 1 is 0.944 bits per heavy atom. The average molecular weight is 248 g/mol. The van der Waals surface area contributed by atoms with E-state index >= 15 is 0 Å². The number of carbonyl (C=O) groups excluding carboxylic acids is 2. The molecule has 8 heteroatoms. The molecule has 0 radical (unpaired) electrons. The molecule has 0 atom stereocenters. The Morgan fingerprint density at radius 3 is 1.72 bits per heavy atom. The normalized spacial score (nSPS) is 10.0. The molecule has 2 amide bonds. The van der Waals surface area contributed by atoms with Crippen molar-refractivity contribution < 1.29 is 9.59 Å². The van der Waals surface area contributed by atoms with Crippen LogP contribution in [-0.2, 0) is 0 Å². The van der Waals surface area contributed by atoms with Gasteiger partial charge in [-0.05, 0) is 0 Å². The van der Waals surface area contributed by atoms with E-state index in [0.29, 0.717) is 24.5 Å². The second-order valence-corrected chi connectivity index (χ2v) is 3.44. The van der Waals surface area contributed by atoms with Crippen molar-refractivity contribution in [2.24, 2.45) is 0 Å². The van der Waals surface area contributed by atoms with Crippen molar-refractivity contribution in [3.8, 4) is 0 Å². The van der Waals surface area contributed by atoms with Crippen LogP contribution in [0.15, 0.2) is 25.0 Å². The first kappa shape index (κ1) is 11.8. The maximum Gasteiger partial charge on any atom is 0.269 e. The number of hydrogen-bond acceptors (Lipinski definition) is 4. The van der Waals surface area contributed by atoms with Gasteiger partial charge in [-0.3, -0.25) is 9.59 Å². The fraction of sp³-hybridized carbons (Fsp3) is 0.200. The number of nitrogens with one attached hydrogen (secondary N) is 4. The molecule has 18 heavy (non-hydrogen) atoms. The van der Waals surface area contributed by atoms with E-state index in [1.807, 2.05) is 0 Å². The van der Waals surface area contributed by atoms with Crippen molar-refractivity contribution in [2.45, 2.75) is 0 Å². The van der Waals surface area contributed by atoms with E-state index in [9.17, 15) is 9.59 Å². The summed E-state index contributed by atoms with van der Waals surface area (Å²) < 4.78 is 0. The largest absolute Gasteiger partial charge is 0.349 e. The third-order valence-electron chi connectivity index (χ3n) is 2.18. The lowest BCUT2D eigenvalue weighted by atomic mass is 10.4. The van der Waals surface area contributed by atoms with Gasteiger partial charge >= 0.3 is 0 Å². The molecule has 2 heterocycles. The summed E-state index contributed by atoms with van der Waals surface area (Å²) in [7, 11) is 0. The molecule has 0 saturated carbocycles. The summed E-state index contributed by atoms with van der Waals surface area (Å²) in [5.41, 5.74) is 0.768. The number of imidazole rings is 2. The fourth-order valence-corrected chi connectivity index (χ4v) is 1.30. The van der Waals surface area contributed by atoms with Gasteiger partial charge in [0, 0.05) is 13.1 Å². The van der Waals surface area contributed by atoms with Crippen molar-refractivity contribution in [3.63, 3.8) is 0 Å². The van der Waals surface area contributed by atoms with Crippen molar-refractivity contribution in [1.29, 1.82) is 0 Å². The maximum atomic E-state index is 11.5. The van der Waals surface area contributed by atoms with Crippen LogP contribution in [0.1, 0.15) is 21.0 Å². The van der Waals surface area contributed by atoms with Crippen molar-refractivity contribution in [1.82, 2.24) is 30.6 Å². The van der Waals surface area contributed by atoms with Crippen LogP contribution >= 0.6 is 0 Å². The molecule has 2 rings (SSSR count). The predicted octanol–water partition coefficient (Wildman–Crippen LogP) is -0.707. The van der Waals surface area contributed by atoms with E-state index in [4.69, 9.17) is 0 Å². The number of rotatable bonds is 5. The van der Waals surface area contributed by atoms with E-state index < -0.39 is 0 Å². The number of hydrogen-bond donors (Lipinski definition) is 4. The lowest BCUT2D eigenvalue weighted by Gasteiger charge is -2.04. The quantitative estimate of drug-likeness (QED) is 0.523. The van der Waals surface area contributed by atoms with Gasteiger partial charge in [-0.25, -0.2) is 9.97 Å². The van der Waals surface area contributed by atoms with Crippen LogP contribution in [-0.4, -0.2) is 44.8 Å². The maximum absolute atomic E-state index is 11.5. The van der Waals surface area contributed by atoms with Gasteiger partial charge in [-0.2, -0.15) is 0 Å². The minimum absolute atomic E-state index is 0.261. The van der Waals surface area contributed by atoms with E-state index in [0.717, 1.165) is 0 Å². The molecule has 0 aliphatic rings. The summed E-state index contributed by atoms with van der Waals surface area (Å²) in [6.07, 6.45) is 5.71. The van der Waals surface area contributed by atoms with Crippen molar-refractivity contribution >= 4 is 11.8 Å². The molecular formula is C10H12N6O2. The average Bonchev–Trinajstić information content (AvgIpc) is 3.05. The molecule has 0 unspecified atom stereocenters. The molecule has 0 aliphatic heterocycles. The summed E-state index contributed by atoms with van der Waals surface area (Å²) in [4.78, 5) is 35.8. The molecule has 94 valence electrons. The smallest absolute Gasteiger partial charge is 0.269 e. The highest BCUT2D eigenvalue weighted by Crippen LogP contribution is 1.90. The Hall–Kier alpha value is -2.64. The molecule has 2 aromatic heterocycles. The first-order valence-corrected chi connectivity index (χ1v) is 5.30. The molecule has 0 aromatic carbocycles. The van der Waals surface area contributed by atoms with E-state index in [1.165, 1.54) is 25.0 Å². The zero-order valence-electron chi connectivity index (χ0n) is 9.43. The number of nitrogens with zero attached hydrogens (tertiary/aromatic N) is 2. The number of carbonyl (C=O) groups is 2. The summed E-state index contributed by atoms with van der Waals surface area (Å²) in [5.74, 6) is -0.522. The Balaban J connectivity index is 1.67. The highest BCUT2D eigenvalue weighted by molar-refractivity contribution is 5.92. The number of amides is 2. The fourth-order valence-electron chi connectivity index (χ4n) is 1.30. The summed E-state index contributed by atoms with van der Waals surface area (Å²) in [5, 5.41) is 5.27. The minimum Gasteiger partial charge on any atom is -0.349 e. The van der Waals surface area contributed by atoms with Crippen LogP contribution in [0.2, 0.25) is 0 Å². The van der Waals surface area contributed by atoms with Crippen LogP contribution in [0.4, 0.5) is 0 Å². The Labute approximate surface area is 102 Å². The highest BCUT2D eigenvalue weighted by Gasteiger charge is 2.07.